The van der Waals surface area contributed by atoms with Gasteiger partial charge in [0.2, 0.25) is 0 Å². The summed E-state index contributed by atoms with van der Waals surface area (Å²) in [6, 6.07) is 6.80. The number of hydrogen-bond donors (Lipinski definition) is 1. The lowest BCUT2D eigenvalue weighted by Gasteiger charge is -2.22. The van der Waals surface area contributed by atoms with Gasteiger partial charge in [0.15, 0.2) is 0 Å². The molecule has 15 heavy (non-hydrogen) atoms. The summed E-state index contributed by atoms with van der Waals surface area (Å²) in [6.07, 6.45) is 0.977. The fourth-order valence-electron chi connectivity index (χ4n) is 2.75. The predicted molar refractivity (Wildman–Crippen MR) is 58.1 cm³/mol. The first-order valence-corrected chi connectivity index (χ1v) is 5.48. The fraction of sp³-hybridized carbons (Fsp3) is 0.538. The van der Waals surface area contributed by atoms with Crippen LogP contribution in [-0.2, 0) is 5.41 Å². The minimum Gasteiger partial charge on any atom is -0.396 e. The van der Waals surface area contributed by atoms with Crippen LogP contribution in [0.15, 0.2) is 24.3 Å². The molecular weight excluding hydrogens is 191 g/mol. The molecule has 0 aromatic heterocycles. The van der Waals surface area contributed by atoms with Crippen molar-refractivity contribution in [3.05, 3.63) is 35.6 Å². The van der Waals surface area contributed by atoms with Crippen LogP contribution < -0.4 is 0 Å². The summed E-state index contributed by atoms with van der Waals surface area (Å²) >= 11 is 0. The second kappa shape index (κ2) is 3.60. The molecule has 2 heteroatoms. The highest BCUT2D eigenvalue weighted by Gasteiger charge is 2.56. The van der Waals surface area contributed by atoms with Crippen molar-refractivity contribution in [2.45, 2.75) is 25.7 Å². The van der Waals surface area contributed by atoms with E-state index in [1.165, 1.54) is 6.07 Å². The van der Waals surface area contributed by atoms with Crippen molar-refractivity contribution in [2.75, 3.05) is 6.61 Å². The van der Waals surface area contributed by atoms with Crippen LogP contribution in [0.3, 0.4) is 0 Å². The quantitative estimate of drug-likeness (QED) is 0.809. The first-order chi connectivity index (χ1) is 7.11. The van der Waals surface area contributed by atoms with Crippen molar-refractivity contribution in [3.63, 3.8) is 0 Å². The predicted octanol–water partition coefficient (Wildman–Crippen LogP) is 2.73. The summed E-state index contributed by atoms with van der Waals surface area (Å²) < 4.78 is 13.2. The third-order valence-corrected chi connectivity index (χ3v) is 3.77. The molecule has 0 amide bonds. The SMILES string of the molecule is CC(C)C1(c2cccc(F)c2)CC1CO. The summed E-state index contributed by atoms with van der Waals surface area (Å²) in [7, 11) is 0. The zero-order valence-corrected chi connectivity index (χ0v) is 9.20. The van der Waals surface area contributed by atoms with Crippen LogP contribution >= 0.6 is 0 Å². The minimum absolute atomic E-state index is 0.0108. The van der Waals surface area contributed by atoms with Gasteiger partial charge in [-0.3, -0.25) is 0 Å². The molecule has 0 heterocycles. The zero-order chi connectivity index (χ0) is 11.1. The Hall–Kier alpha value is -0.890. The van der Waals surface area contributed by atoms with Crippen LogP contribution in [0.2, 0.25) is 0 Å². The number of benzene rings is 1. The van der Waals surface area contributed by atoms with Crippen molar-refractivity contribution in [1.29, 1.82) is 0 Å². The van der Waals surface area contributed by atoms with Gasteiger partial charge < -0.3 is 5.11 Å². The van der Waals surface area contributed by atoms with Crippen molar-refractivity contribution in [2.24, 2.45) is 11.8 Å². The molecular formula is C13H17FO. The van der Waals surface area contributed by atoms with Crippen LogP contribution in [0.1, 0.15) is 25.8 Å². The van der Waals surface area contributed by atoms with Gasteiger partial charge >= 0.3 is 0 Å². The highest BCUT2D eigenvalue weighted by Crippen LogP contribution is 2.58. The van der Waals surface area contributed by atoms with Crippen LogP contribution in [0.5, 0.6) is 0 Å². The molecule has 82 valence electrons. The van der Waals surface area contributed by atoms with Gasteiger partial charge in [-0.2, -0.15) is 0 Å². The van der Waals surface area contributed by atoms with Gasteiger partial charge in [-0.05, 0) is 36.0 Å². The van der Waals surface area contributed by atoms with E-state index in [0.717, 1.165) is 12.0 Å². The number of halogens is 1. The maximum absolute atomic E-state index is 13.2. The van der Waals surface area contributed by atoms with E-state index >= 15 is 0 Å². The average molecular weight is 208 g/mol. The van der Waals surface area contributed by atoms with Crippen molar-refractivity contribution in [1.82, 2.24) is 0 Å². The molecule has 1 N–H and O–H groups in total. The van der Waals surface area contributed by atoms with Crippen molar-refractivity contribution < 1.29 is 9.50 Å². The number of rotatable bonds is 3. The van der Waals surface area contributed by atoms with Gasteiger partial charge in [-0.25, -0.2) is 4.39 Å². The maximum Gasteiger partial charge on any atom is 0.123 e. The standard InChI is InChI=1S/C13H17FO/c1-9(2)13(7-11(13)8-15)10-4-3-5-12(14)6-10/h3-6,9,11,15H,7-8H2,1-2H3. The Labute approximate surface area is 89.9 Å². The molecule has 1 saturated carbocycles. The molecule has 1 nitrogen and oxygen atoms in total. The molecule has 0 spiro atoms. The van der Waals surface area contributed by atoms with Gasteiger partial charge in [0.05, 0.1) is 0 Å². The van der Waals surface area contributed by atoms with Crippen molar-refractivity contribution >= 4 is 0 Å². The number of aliphatic hydroxyl groups is 1. The lowest BCUT2D eigenvalue weighted by atomic mass is 9.83. The summed E-state index contributed by atoms with van der Waals surface area (Å²) in [5.74, 6) is 0.562. The third kappa shape index (κ3) is 1.57. The van der Waals surface area contributed by atoms with E-state index in [1.54, 1.807) is 12.1 Å². The molecule has 1 fully saturated rings. The van der Waals surface area contributed by atoms with E-state index in [9.17, 15) is 9.50 Å². The molecule has 0 aliphatic heterocycles. The molecule has 0 bridgehead atoms. The van der Waals surface area contributed by atoms with E-state index in [0.29, 0.717) is 11.8 Å². The fourth-order valence-corrected chi connectivity index (χ4v) is 2.75. The normalized spacial score (nSPS) is 29.5. The van der Waals surface area contributed by atoms with Crippen LogP contribution in [0.4, 0.5) is 4.39 Å². The second-order valence-corrected chi connectivity index (χ2v) is 4.79. The smallest absolute Gasteiger partial charge is 0.123 e. The van der Waals surface area contributed by atoms with Crippen molar-refractivity contribution in [3.8, 4) is 0 Å². The van der Waals surface area contributed by atoms with E-state index in [2.05, 4.69) is 13.8 Å². The molecule has 2 rings (SSSR count). The van der Waals surface area contributed by atoms with Crippen LogP contribution in [0.25, 0.3) is 0 Å². The van der Waals surface area contributed by atoms with Crippen LogP contribution in [-0.4, -0.2) is 11.7 Å². The van der Waals surface area contributed by atoms with Gasteiger partial charge in [-0.1, -0.05) is 26.0 Å². The zero-order valence-electron chi connectivity index (χ0n) is 9.20. The highest BCUT2D eigenvalue weighted by atomic mass is 19.1. The maximum atomic E-state index is 13.2. The van der Waals surface area contributed by atoms with Gasteiger partial charge in [0.1, 0.15) is 5.82 Å². The summed E-state index contributed by atoms with van der Waals surface area (Å²) in [4.78, 5) is 0. The monoisotopic (exact) mass is 208 g/mol. The topological polar surface area (TPSA) is 20.2 Å². The van der Waals surface area contributed by atoms with E-state index in [-0.39, 0.29) is 17.8 Å². The largest absolute Gasteiger partial charge is 0.396 e. The molecule has 0 saturated heterocycles. The lowest BCUT2D eigenvalue weighted by molar-refractivity contribution is 0.252. The minimum atomic E-state index is -0.184. The van der Waals surface area contributed by atoms with E-state index in [4.69, 9.17) is 0 Å². The van der Waals surface area contributed by atoms with Gasteiger partial charge in [0.25, 0.3) is 0 Å². The molecule has 0 radical (unpaired) electrons. The molecule has 2 atom stereocenters. The molecule has 1 aromatic rings. The average Bonchev–Trinajstić information content (AvgIpc) is 2.93. The molecule has 1 aliphatic rings. The van der Waals surface area contributed by atoms with E-state index < -0.39 is 0 Å². The Morgan fingerprint density at radius 3 is 2.73 bits per heavy atom. The first-order valence-electron chi connectivity index (χ1n) is 5.48. The highest BCUT2D eigenvalue weighted by molar-refractivity contribution is 5.35. The molecule has 2 unspecified atom stereocenters. The van der Waals surface area contributed by atoms with Gasteiger partial charge in [-0.15, -0.1) is 0 Å². The Kier molecular flexibility index (Phi) is 2.55. The van der Waals surface area contributed by atoms with Crippen LogP contribution in [0, 0.1) is 17.7 Å². The van der Waals surface area contributed by atoms with Gasteiger partial charge in [0, 0.05) is 12.0 Å². The second-order valence-electron chi connectivity index (χ2n) is 4.79. The molecule has 1 aromatic carbocycles. The third-order valence-electron chi connectivity index (χ3n) is 3.77. The molecule has 1 aliphatic carbocycles. The number of aliphatic hydroxyl groups excluding tert-OH is 1. The Balaban J connectivity index is 2.36. The summed E-state index contributed by atoms with van der Waals surface area (Å²) in [5, 5.41) is 9.23. The lowest BCUT2D eigenvalue weighted by Crippen LogP contribution is -2.19. The Bertz CT molecular complexity index is 361. The number of hydrogen-bond acceptors (Lipinski definition) is 1. The summed E-state index contributed by atoms with van der Waals surface area (Å²) in [5.41, 5.74) is 1.05. The summed E-state index contributed by atoms with van der Waals surface area (Å²) in [6.45, 7) is 4.48. The Morgan fingerprint density at radius 1 is 1.53 bits per heavy atom. The van der Waals surface area contributed by atoms with E-state index in [1.807, 2.05) is 6.07 Å². The Morgan fingerprint density at radius 2 is 2.27 bits per heavy atom. The first kappa shape index (κ1) is 10.6.